The van der Waals surface area contributed by atoms with Gasteiger partial charge in [-0.2, -0.15) is 0 Å². The highest BCUT2D eigenvalue weighted by Crippen LogP contribution is 2.32. The molecule has 7 heteroatoms. The second kappa shape index (κ2) is 8.39. The van der Waals surface area contributed by atoms with Crippen molar-refractivity contribution in [2.45, 2.75) is 32.3 Å². The molecule has 1 fully saturated rings. The third-order valence-electron chi connectivity index (χ3n) is 4.73. The zero-order valence-electron chi connectivity index (χ0n) is 15.1. The van der Waals surface area contributed by atoms with Crippen molar-refractivity contribution in [1.82, 2.24) is 0 Å². The van der Waals surface area contributed by atoms with Crippen molar-refractivity contribution in [3.05, 3.63) is 68.7 Å². The summed E-state index contributed by atoms with van der Waals surface area (Å²) >= 11 is 6.14. The summed E-state index contributed by atoms with van der Waals surface area (Å²) in [7, 11) is 0. The molecule has 2 aromatic carbocycles. The summed E-state index contributed by atoms with van der Waals surface area (Å²) in [6, 6.07) is 11.6. The lowest BCUT2D eigenvalue weighted by Crippen LogP contribution is -2.30. The van der Waals surface area contributed by atoms with Crippen LogP contribution in [0.25, 0.3) is 0 Å². The molecular formula is C20H21ClN2O4. The Balaban J connectivity index is 1.81. The molecule has 27 heavy (non-hydrogen) atoms. The lowest BCUT2D eigenvalue weighted by atomic mass is 10.1. The van der Waals surface area contributed by atoms with Crippen molar-refractivity contribution in [3.63, 3.8) is 0 Å². The van der Waals surface area contributed by atoms with Gasteiger partial charge >= 0.3 is 5.97 Å². The number of benzene rings is 2. The maximum Gasteiger partial charge on any atom is 0.338 e. The van der Waals surface area contributed by atoms with E-state index >= 15 is 0 Å². The summed E-state index contributed by atoms with van der Waals surface area (Å²) < 4.78 is 5.46. The van der Waals surface area contributed by atoms with Crippen molar-refractivity contribution < 1.29 is 14.5 Å². The molecule has 1 aliphatic heterocycles. The molecule has 0 saturated carbocycles. The Hall–Kier alpha value is -2.60. The molecule has 0 unspecified atom stereocenters. The Morgan fingerprint density at radius 1 is 1.19 bits per heavy atom. The van der Waals surface area contributed by atoms with E-state index < -0.39 is 17.0 Å². The fraction of sp³-hybridized carbons (Fsp3) is 0.350. The molecule has 2 aromatic rings. The molecule has 0 spiro atoms. The van der Waals surface area contributed by atoms with Crippen molar-refractivity contribution >= 4 is 28.9 Å². The van der Waals surface area contributed by atoms with Gasteiger partial charge in [0.25, 0.3) is 5.69 Å². The number of hydrogen-bond acceptors (Lipinski definition) is 5. The SMILES string of the molecule is C[C@@H](OC(=O)c1ccc(N2CCCCC2)c([N+](=O)[O-])c1)c1ccccc1Cl. The van der Waals surface area contributed by atoms with Gasteiger partial charge in [0.15, 0.2) is 0 Å². The molecule has 142 valence electrons. The van der Waals surface area contributed by atoms with Crippen molar-refractivity contribution in [2.75, 3.05) is 18.0 Å². The van der Waals surface area contributed by atoms with Gasteiger partial charge in [-0.05, 0) is 44.4 Å². The van der Waals surface area contributed by atoms with Crippen LogP contribution in [0, 0.1) is 10.1 Å². The van der Waals surface area contributed by atoms with Gasteiger partial charge in [-0.25, -0.2) is 4.79 Å². The molecule has 0 aliphatic carbocycles. The molecule has 0 bridgehead atoms. The lowest BCUT2D eigenvalue weighted by molar-refractivity contribution is -0.384. The van der Waals surface area contributed by atoms with E-state index in [9.17, 15) is 14.9 Å². The Kier molecular flexibility index (Phi) is 5.96. The minimum absolute atomic E-state index is 0.0725. The standard InChI is InChI=1S/C20H21ClN2O4/c1-14(16-7-3-4-8-17(16)21)27-20(24)15-9-10-18(19(13-15)23(25)26)22-11-5-2-6-12-22/h3-4,7-10,13-14H,2,5-6,11-12H2,1H3/t14-/m1/s1. The van der Waals surface area contributed by atoms with E-state index in [0.717, 1.165) is 32.4 Å². The van der Waals surface area contributed by atoms with Crippen molar-refractivity contribution in [3.8, 4) is 0 Å². The van der Waals surface area contributed by atoms with Crippen molar-refractivity contribution in [2.24, 2.45) is 0 Å². The minimum Gasteiger partial charge on any atom is -0.454 e. The zero-order chi connectivity index (χ0) is 19.4. The fourth-order valence-electron chi connectivity index (χ4n) is 3.30. The molecule has 0 amide bonds. The number of nitrogens with zero attached hydrogens (tertiary/aromatic N) is 2. The first kappa shape index (κ1) is 19.2. The maximum atomic E-state index is 12.5. The van der Waals surface area contributed by atoms with E-state index in [0.29, 0.717) is 16.3 Å². The molecule has 1 atom stereocenters. The number of halogens is 1. The van der Waals surface area contributed by atoms with Gasteiger partial charge in [-0.15, -0.1) is 0 Å². The molecule has 1 heterocycles. The van der Waals surface area contributed by atoms with Crippen LogP contribution < -0.4 is 4.90 Å². The second-order valence-corrected chi connectivity index (χ2v) is 6.98. The second-order valence-electron chi connectivity index (χ2n) is 6.58. The molecule has 3 rings (SSSR count). The van der Waals surface area contributed by atoms with Crippen LogP contribution in [0.3, 0.4) is 0 Å². The van der Waals surface area contributed by atoms with Crippen LogP contribution in [0.4, 0.5) is 11.4 Å². The molecule has 6 nitrogen and oxygen atoms in total. The molecule has 0 aromatic heterocycles. The Bertz CT molecular complexity index is 850. The van der Waals surface area contributed by atoms with Crippen LogP contribution in [0.2, 0.25) is 5.02 Å². The number of hydrogen-bond donors (Lipinski definition) is 0. The van der Waals surface area contributed by atoms with Gasteiger partial charge in [-0.1, -0.05) is 29.8 Å². The average molecular weight is 389 g/mol. The maximum absolute atomic E-state index is 12.5. The third kappa shape index (κ3) is 4.39. The number of nitro groups is 1. The number of esters is 1. The van der Waals surface area contributed by atoms with E-state index in [2.05, 4.69) is 0 Å². The van der Waals surface area contributed by atoms with E-state index in [1.165, 1.54) is 6.07 Å². The van der Waals surface area contributed by atoms with Gasteiger partial charge in [0.05, 0.1) is 10.5 Å². The highest BCUT2D eigenvalue weighted by atomic mass is 35.5. The normalized spacial score (nSPS) is 15.3. The van der Waals surface area contributed by atoms with E-state index in [1.54, 1.807) is 37.3 Å². The van der Waals surface area contributed by atoms with Gasteiger partial charge in [0, 0.05) is 29.7 Å². The van der Waals surface area contributed by atoms with Gasteiger partial charge in [0.1, 0.15) is 11.8 Å². The molecule has 1 saturated heterocycles. The van der Waals surface area contributed by atoms with E-state index in [4.69, 9.17) is 16.3 Å². The van der Waals surface area contributed by atoms with Crippen LogP contribution in [0.15, 0.2) is 42.5 Å². The average Bonchev–Trinajstić information content (AvgIpc) is 2.68. The van der Waals surface area contributed by atoms with Gasteiger partial charge in [0.2, 0.25) is 0 Å². The summed E-state index contributed by atoms with van der Waals surface area (Å²) in [6.45, 7) is 3.29. The summed E-state index contributed by atoms with van der Waals surface area (Å²) in [5, 5.41) is 12.0. The number of piperidine rings is 1. The van der Waals surface area contributed by atoms with Gasteiger partial charge in [-0.3, -0.25) is 10.1 Å². The Labute approximate surface area is 162 Å². The summed E-state index contributed by atoms with van der Waals surface area (Å²) in [5.41, 5.74) is 1.32. The predicted octanol–water partition coefficient (Wildman–Crippen LogP) is 5.16. The predicted molar refractivity (Wildman–Crippen MR) is 104 cm³/mol. The lowest BCUT2D eigenvalue weighted by Gasteiger charge is -2.28. The number of ether oxygens (including phenoxy) is 1. The minimum atomic E-state index is -0.615. The summed E-state index contributed by atoms with van der Waals surface area (Å²) in [5.74, 6) is -0.615. The quantitative estimate of drug-likeness (QED) is 0.402. The van der Waals surface area contributed by atoms with Crippen LogP contribution in [0.5, 0.6) is 0 Å². The Morgan fingerprint density at radius 3 is 2.56 bits per heavy atom. The Morgan fingerprint density at radius 2 is 1.89 bits per heavy atom. The number of rotatable bonds is 5. The monoisotopic (exact) mass is 388 g/mol. The van der Waals surface area contributed by atoms with E-state index in [1.807, 2.05) is 11.0 Å². The number of carbonyl (C=O) groups is 1. The summed E-state index contributed by atoms with van der Waals surface area (Å²) in [4.78, 5) is 25.6. The summed E-state index contributed by atoms with van der Waals surface area (Å²) in [6.07, 6.45) is 2.59. The molecular weight excluding hydrogens is 368 g/mol. The zero-order valence-corrected chi connectivity index (χ0v) is 15.8. The smallest absolute Gasteiger partial charge is 0.338 e. The largest absolute Gasteiger partial charge is 0.454 e. The van der Waals surface area contributed by atoms with Crippen LogP contribution in [0.1, 0.15) is 48.2 Å². The van der Waals surface area contributed by atoms with Crippen molar-refractivity contribution in [1.29, 1.82) is 0 Å². The van der Waals surface area contributed by atoms with Gasteiger partial charge < -0.3 is 9.64 Å². The highest BCUT2D eigenvalue weighted by Gasteiger charge is 2.24. The van der Waals surface area contributed by atoms with Crippen LogP contribution in [-0.2, 0) is 4.74 Å². The first-order valence-electron chi connectivity index (χ1n) is 8.96. The highest BCUT2D eigenvalue weighted by molar-refractivity contribution is 6.31. The third-order valence-corrected chi connectivity index (χ3v) is 5.08. The first-order chi connectivity index (χ1) is 13.0. The number of nitro benzene ring substituents is 1. The van der Waals surface area contributed by atoms with Crippen LogP contribution >= 0.6 is 11.6 Å². The topological polar surface area (TPSA) is 72.7 Å². The number of anilines is 1. The first-order valence-corrected chi connectivity index (χ1v) is 9.34. The van der Waals surface area contributed by atoms with Crippen LogP contribution in [-0.4, -0.2) is 24.0 Å². The van der Waals surface area contributed by atoms with E-state index in [-0.39, 0.29) is 11.3 Å². The molecule has 0 radical (unpaired) electrons. The number of carbonyl (C=O) groups excluding carboxylic acids is 1. The molecule has 0 N–H and O–H groups in total. The fourth-order valence-corrected chi connectivity index (χ4v) is 3.59. The molecule has 1 aliphatic rings.